The summed E-state index contributed by atoms with van der Waals surface area (Å²) in [6.07, 6.45) is 3.57. The maximum Gasteiger partial charge on any atom is 0.256 e. The average molecular weight is 278 g/mol. The Balaban J connectivity index is 1.91. The Bertz CT molecular complexity index is 908. The van der Waals surface area contributed by atoms with Gasteiger partial charge in [-0.2, -0.15) is 0 Å². The summed E-state index contributed by atoms with van der Waals surface area (Å²) in [7, 11) is 0. The van der Waals surface area contributed by atoms with Crippen LogP contribution in [0.1, 0.15) is 11.1 Å². The van der Waals surface area contributed by atoms with E-state index in [1.807, 2.05) is 24.3 Å². The van der Waals surface area contributed by atoms with E-state index < -0.39 is 0 Å². The third kappa shape index (κ3) is 1.84. The lowest BCUT2D eigenvalue weighted by Crippen LogP contribution is -2.03. The molecule has 0 atom stereocenters. The molecular formula is C17H11FN2O. The zero-order chi connectivity index (χ0) is 14.4. The number of carbonyl (C=O) groups excluding carboxylic acids is 1. The van der Waals surface area contributed by atoms with Gasteiger partial charge >= 0.3 is 0 Å². The first kappa shape index (κ1) is 11.9. The smallest absolute Gasteiger partial charge is 0.256 e. The van der Waals surface area contributed by atoms with E-state index in [4.69, 9.17) is 0 Å². The van der Waals surface area contributed by atoms with Gasteiger partial charge in [-0.15, -0.1) is 0 Å². The van der Waals surface area contributed by atoms with Gasteiger partial charge in [-0.1, -0.05) is 18.2 Å². The monoisotopic (exact) mass is 278 g/mol. The van der Waals surface area contributed by atoms with Gasteiger partial charge in [0.05, 0.1) is 0 Å². The van der Waals surface area contributed by atoms with Crippen molar-refractivity contribution >= 4 is 34.1 Å². The lowest BCUT2D eigenvalue weighted by atomic mass is 10.0. The number of fused-ring (bicyclic) bond motifs is 2. The third-order valence-corrected chi connectivity index (χ3v) is 3.69. The summed E-state index contributed by atoms with van der Waals surface area (Å²) in [6.45, 7) is 0. The van der Waals surface area contributed by atoms with Crippen LogP contribution >= 0.6 is 0 Å². The third-order valence-electron chi connectivity index (χ3n) is 3.69. The number of aromatic nitrogens is 1. The number of halogens is 1. The minimum Gasteiger partial charge on any atom is -0.361 e. The molecule has 1 amide bonds. The van der Waals surface area contributed by atoms with Crippen LogP contribution in [-0.4, -0.2) is 10.9 Å². The molecular weight excluding hydrogens is 267 g/mol. The van der Waals surface area contributed by atoms with Gasteiger partial charge in [-0.25, -0.2) is 4.39 Å². The van der Waals surface area contributed by atoms with E-state index in [0.29, 0.717) is 5.57 Å². The SMILES string of the molecule is O=C1Nc2ccccc2/C1=C\c1c[nH]c2ccc(F)cc12. The van der Waals surface area contributed by atoms with Gasteiger partial charge < -0.3 is 10.3 Å². The Kier molecular flexibility index (Phi) is 2.44. The highest BCUT2D eigenvalue weighted by Gasteiger charge is 2.23. The van der Waals surface area contributed by atoms with Crippen LogP contribution in [0.4, 0.5) is 10.1 Å². The second kappa shape index (κ2) is 4.31. The zero-order valence-electron chi connectivity index (χ0n) is 11.0. The minimum absolute atomic E-state index is 0.137. The molecule has 4 heteroatoms. The number of H-pyrrole nitrogens is 1. The molecule has 0 unspecified atom stereocenters. The minimum atomic E-state index is -0.293. The Morgan fingerprint density at radius 3 is 2.86 bits per heavy atom. The Morgan fingerprint density at radius 1 is 1.10 bits per heavy atom. The molecule has 21 heavy (non-hydrogen) atoms. The molecule has 1 aliphatic heterocycles. The normalized spacial score (nSPS) is 15.5. The van der Waals surface area contributed by atoms with Crippen molar-refractivity contribution in [3.8, 4) is 0 Å². The summed E-state index contributed by atoms with van der Waals surface area (Å²) in [5.41, 5.74) is 3.91. The van der Waals surface area contributed by atoms with Crippen LogP contribution in [-0.2, 0) is 4.79 Å². The summed E-state index contributed by atoms with van der Waals surface area (Å²) in [4.78, 5) is 15.2. The van der Waals surface area contributed by atoms with Gasteiger partial charge in [0.2, 0.25) is 0 Å². The Hall–Kier alpha value is -2.88. The number of anilines is 1. The zero-order valence-corrected chi connectivity index (χ0v) is 11.0. The van der Waals surface area contributed by atoms with E-state index in [1.54, 1.807) is 18.3 Å². The number of carbonyl (C=O) groups is 1. The molecule has 0 radical (unpaired) electrons. The predicted molar refractivity (Wildman–Crippen MR) is 81.2 cm³/mol. The number of nitrogens with one attached hydrogen (secondary N) is 2. The Morgan fingerprint density at radius 2 is 1.95 bits per heavy atom. The Labute approximate surface area is 120 Å². The van der Waals surface area contributed by atoms with Gasteiger partial charge in [0, 0.05) is 39.5 Å². The molecule has 0 saturated heterocycles. The number of aromatic amines is 1. The largest absolute Gasteiger partial charge is 0.361 e. The first-order chi connectivity index (χ1) is 10.2. The first-order valence-electron chi connectivity index (χ1n) is 6.61. The summed E-state index contributed by atoms with van der Waals surface area (Å²) in [5, 5.41) is 3.59. The second-order valence-electron chi connectivity index (χ2n) is 4.99. The highest BCUT2D eigenvalue weighted by atomic mass is 19.1. The number of para-hydroxylation sites is 1. The molecule has 0 bridgehead atoms. The van der Waals surface area contributed by atoms with E-state index in [2.05, 4.69) is 10.3 Å². The summed E-state index contributed by atoms with van der Waals surface area (Å²) < 4.78 is 13.4. The van der Waals surface area contributed by atoms with E-state index in [1.165, 1.54) is 12.1 Å². The van der Waals surface area contributed by atoms with Crippen LogP contribution in [0.15, 0.2) is 48.7 Å². The van der Waals surface area contributed by atoms with Gasteiger partial charge in [0.25, 0.3) is 5.91 Å². The highest BCUT2D eigenvalue weighted by molar-refractivity contribution is 6.35. The molecule has 0 fully saturated rings. The lowest BCUT2D eigenvalue weighted by Gasteiger charge is -1.97. The van der Waals surface area contributed by atoms with E-state index in [-0.39, 0.29) is 11.7 Å². The number of hydrogen-bond donors (Lipinski definition) is 2. The molecule has 102 valence electrons. The van der Waals surface area contributed by atoms with E-state index >= 15 is 0 Å². The van der Waals surface area contributed by atoms with Crippen molar-refractivity contribution in [2.75, 3.05) is 5.32 Å². The maximum absolute atomic E-state index is 13.4. The van der Waals surface area contributed by atoms with Crippen LogP contribution in [0.2, 0.25) is 0 Å². The van der Waals surface area contributed by atoms with Gasteiger partial charge in [0.1, 0.15) is 5.82 Å². The van der Waals surface area contributed by atoms with Crippen molar-refractivity contribution < 1.29 is 9.18 Å². The molecule has 2 aromatic carbocycles. The van der Waals surface area contributed by atoms with E-state index in [0.717, 1.165) is 27.7 Å². The van der Waals surface area contributed by atoms with E-state index in [9.17, 15) is 9.18 Å². The number of benzene rings is 2. The molecule has 1 aromatic heterocycles. The van der Waals surface area contributed by atoms with Crippen LogP contribution in [0, 0.1) is 5.82 Å². The average Bonchev–Trinajstić information content (AvgIpc) is 3.01. The van der Waals surface area contributed by atoms with Crippen molar-refractivity contribution in [1.82, 2.24) is 4.98 Å². The van der Waals surface area contributed by atoms with Crippen LogP contribution in [0.5, 0.6) is 0 Å². The second-order valence-corrected chi connectivity index (χ2v) is 4.99. The van der Waals surface area contributed by atoms with Crippen molar-refractivity contribution in [3.63, 3.8) is 0 Å². The fourth-order valence-electron chi connectivity index (χ4n) is 2.67. The van der Waals surface area contributed by atoms with Crippen molar-refractivity contribution in [1.29, 1.82) is 0 Å². The van der Waals surface area contributed by atoms with Gasteiger partial charge in [-0.05, 0) is 30.3 Å². The van der Waals surface area contributed by atoms with Crippen LogP contribution in [0.3, 0.4) is 0 Å². The summed E-state index contributed by atoms with van der Waals surface area (Å²) in [5.74, 6) is -0.431. The van der Waals surface area contributed by atoms with Crippen molar-refractivity contribution in [2.45, 2.75) is 0 Å². The van der Waals surface area contributed by atoms with Crippen molar-refractivity contribution in [3.05, 3.63) is 65.6 Å². The molecule has 0 aliphatic carbocycles. The molecule has 0 saturated carbocycles. The predicted octanol–water partition coefficient (Wildman–Crippen LogP) is 3.80. The van der Waals surface area contributed by atoms with Gasteiger partial charge in [0.15, 0.2) is 0 Å². The standard InChI is InChI=1S/C17H11FN2O/c18-11-5-6-15-13(8-11)10(9-19-15)7-14-12-3-1-2-4-16(12)20-17(14)21/h1-9,19H,(H,20,21)/b14-7+. The molecule has 1 aliphatic rings. The maximum atomic E-state index is 13.4. The first-order valence-corrected chi connectivity index (χ1v) is 6.61. The van der Waals surface area contributed by atoms with Crippen molar-refractivity contribution in [2.24, 2.45) is 0 Å². The number of hydrogen-bond acceptors (Lipinski definition) is 1. The number of amides is 1. The fourth-order valence-corrected chi connectivity index (χ4v) is 2.67. The topological polar surface area (TPSA) is 44.9 Å². The molecule has 4 rings (SSSR count). The molecule has 0 spiro atoms. The van der Waals surface area contributed by atoms with Crippen LogP contribution in [0.25, 0.3) is 22.6 Å². The quantitative estimate of drug-likeness (QED) is 0.653. The molecule has 2 N–H and O–H groups in total. The van der Waals surface area contributed by atoms with Gasteiger partial charge in [-0.3, -0.25) is 4.79 Å². The highest BCUT2D eigenvalue weighted by Crippen LogP contribution is 2.33. The summed E-state index contributed by atoms with van der Waals surface area (Å²) >= 11 is 0. The number of rotatable bonds is 1. The lowest BCUT2D eigenvalue weighted by molar-refractivity contribution is -0.110. The molecule has 3 aromatic rings. The summed E-state index contributed by atoms with van der Waals surface area (Å²) in [6, 6.07) is 12.1. The fraction of sp³-hybridized carbons (Fsp3) is 0. The molecule has 3 nitrogen and oxygen atoms in total. The van der Waals surface area contributed by atoms with Crippen LogP contribution < -0.4 is 5.32 Å². The molecule has 2 heterocycles.